The molecule has 2 rings (SSSR count). The Balaban J connectivity index is 0.000000255. The van der Waals surface area contributed by atoms with Gasteiger partial charge in [-0.3, -0.25) is 4.98 Å². The molecule has 0 radical (unpaired) electrons. The molecule has 0 saturated heterocycles. The van der Waals surface area contributed by atoms with E-state index < -0.39 is 0 Å². The van der Waals surface area contributed by atoms with Gasteiger partial charge in [0.15, 0.2) is 0 Å². The average molecular weight is 384 g/mol. The molecular formula is C18H24BrClN2. The molecule has 1 heterocycles. The number of aromatic nitrogens is 1. The minimum atomic E-state index is 0.106. The molecule has 120 valence electrons. The Morgan fingerprint density at radius 1 is 1.23 bits per heavy atom. The van der Waals surface area contributed by atoms with Crippen LogP contribution in [0.15, 0.2) is 41.0 Å². The van der Waals surface area contributed by atoms with Gasteiger partial charge in [0.2, 0.25) is 0 Å². The zero-order valence-corrected chi connectivity index (χ0v) is 16.2. The van der Waals surface area contributed by atoms with E-state index in [-0.39, 0.29) is 5.41 Å². The largest absolute Gasteiger partial charge is 0.387 e. The second kappa shape index (κ2) is 8.54. The molecule has 1 N–H and O–H groups in total. The van der Waals surface area contributed by atoms with E-state index in [4.69, 9.17) is 11.6 Å². The molecule has 2 nitrogen and oxygen atoms in total. The fraction of sp³-hybridized carbons (Fsp3) is 0.389. The van der Waals surface area contributed by atoms with Crippen LogP contribution in [0, 0.1) is 0 Å². The smallest absolute Gasteiger partial charge is 0.0641 e. The summed E-state index contributed by atoms with van der Waals surface area (Å²) >= 11 is 9.68. The molecule has 4 heteroatoms. The molecule has 1 aromatic heterocycles. The summed E-state index contributed by atoms with van der Waals surface area (Å²) in [6, 6.07) is 9.99. The van der Waals surface area contributed by atoms with E-state index in [2.05, 4.69) is 53.9 Å². The van der Waals surface area contributed by atoms with Crippen molar-refractivity contribution in [2.75, 3.05) is 12.4 Å². The molecule has 0 atom stereocenters. The average Bonchev–Trinajstić information content (AvgIpc) is 2.49. The summed E-state index contributed by atoms with van der Waals surface area (Å²) in [5.74, 6) is 0. The maximum absolute atomic E-state index is 6.12. The summed E-state index contributed by atoms with van der Waals surface area (Å²) < 4.78 is 1.10. The third kappa shape index (κ3) is 5.62. The number of hydrogen-bond donors (Lipinski definition) is 1. The number of nitrogens with zero attached hydrogens (tertiary/aromatic N) is 1. The quantitative estimate of drug-likeness (QED) is 0.679. The maximum Gasteiger partial charge on any atom is 0.0641 e. The predicted octanol–water partition coefficient (Wildman–Crippen LogP) is 6.09. The molecule has 0 aliphatic carbocycles. The van der Waals surface area contributed by atoms with Crippen molar-refractivity contribution in [1.29, 1.82) is 0 Å². The number of hydrogen-bond acceptors (Lipinski definition) is 2. The fourth-order valence-corrected chi connectivity index (χ4v) is 3.12. The molecule has 0 fully saturated rings. The Kier molecular flexibility index (Phi) is 7.37. The van der Waals surface area contributed by atoms with Gasteiger partial charge in [0.25, 0.3) is 0 Å². The van der Waals surface area contributed by atoms with Gasteiger partial charge in [-0.1, -0.05) is 61.3 Å². The highest BCUT2D eigenvalue weighted by atomic mass is 79.9. The van der Waals surface area contributed by atoms with E-state index in [9.17, 15) is 0 Å². The van der Waals surface area contributed by atoms with E-state index in [1.807, 2.05) is 43.6 Å². The lowest BCUT2D eigenvalue weighted by atomic mass is 9.87. The predicted molar refractivity (Wildman–Crippen MR) is 101 cm³/mol. The van der Waals surface area contributed by atoms with Crippen LogP contribution in [0.4, 0.5) is 5.69 Å². The minimum absolute atomic E-state index is 0.106. The minimum Gasteiger partial charge on any atom is -0.387 e. The summed E-state index contributed by atoms with van der Waals surface area (Å²) in [6.07, 6.45) is 2.85. The lowest BCUT2D eigenvalue weighted by Gasteiger charge is -2.22. The first kappa shape index (κ1) is 19.0. The van der Waals surface area contributed by atoms with Crippen LogP contribution < -0.4 is 5.32 Å². The van der Waals surface area contributed by atoms with Crippen molar-refractivity contribution in [3.05, 3.63) is 57.3 Å². The Labute approximate surface area is 147 Å². The second-order valence-corrected chi connectivity index (χ2v) is 7.25. The zero-order valence-electron chi connectivity index (χ0n) is 13.9. The van der Waals surface area contributed by atoms with Gasteiger partial charge in [-0.25, -0.2) is 0 Å². The van der Waals surface area contributed by atoms with Gasteiger partial charge in [-0.05, 0) is 41.7 Å². The van der Waals surface area contributed by atoms with Gasteiger partial charge in [-0.2, -0.15) is 0 Å². The SMILES string of the molecule is CCc1ccccn1.CNc1cc(Br)c(C(C)(C)C)cc1Cl. The zero-order chi connectivity index (χ0) is 16.8. The number of pyridine rings is 1. The van der Waals surface area contributed by atoms with Crippen LogP contribution in [-0.4, -0.2) is 12.0 Å². The highest BCUT2D eigenvalue weighted by molar-refractivity contribution is 9.10. The Morgan fingerprint density at radius 2 is 1.91 bits per heavy atom. The van der Waals surface area contributed by atoms with Gasteiger partial charge >= 0.3 is 0 Å². The van der Waals surface area contributed by atoms with Crippen molar-refractivity contribution in [1.82, 2.24) is 4.98 Å². The Hall–Kier alpha value is -1.06. The first-order valence-corrected chi connectivity index (χ1v) is 8.53. The van der Waals surface area contributed by atoms with Crippen molar-refractivity contribution in [2.24, 2.45) is 0 Å². The molecule has 2 aromatic rings. The number of rotatable bonds is 2. The molecule has 0 spiro atoms. The first-order valence-electron chi connectivity index (χ1n) is 7.36. The maximum atomic E-state index is 6.12. The van der Waals surface area contributed by atoms with Gasteiger partial charge in [0.1, 0.15) is 0 Å². The van der Waals surface area contributed by atoms with E-state index in [0.29, 0.717) is 0 Å². The highest BCUT2D eigenvalue weighted by Gasteiger charge is 2.18. The van der Waals surface area contributed by atoms with Crippen LogP contribution in [0.3, 0.4) is 0 Å². The van der Waals surface area contributed by atoms with E-state index >= 15 is 0 Å². The Bertz CT molecular complexity index is 592. The molecule has 1 aromatic carbocycles. The van der Waals surface area contributed by atoms with Crippen LogP contribution in [-0.2, 0) is 11.8 Å². The summed E-state index contributed by atoms with van der Waals surface area (Å²) in [4.78, 5) is 4.10. The molecule has 0 aliphatic rings. The van der Waals surface area contributed by atoms with Crippen molar-refractivity contribution in [3.63, 3.8) is 0 Å². The highest BCUT2D eigenvalue weighted by Crippen LogP contribution is 2.35. The molecule has 22 heavy (non-hydrogen) atoms. The molecular weight excluding hydrogens is 360 g/mol. The van der Waals surface area contributed by atoms with E-state index in [0.717, 1.165) is 27.3 Å². The summed E-state index contributed by atoms with van der Waals surface area (Å²) in [6.45, 7) is 8.61. The lowest BCUT2D eigenvalue weighted by Crippen LogP contribution is -2.12. The van der Waals surface area contributed by atoms with Crippen molar-refractivity contribution in [2.45, 2.75) is 39.5 Å². The summed E-state index contributed by atoms with van der Waals surface area (Å²) in [5, 5.41) is 3.82. The van der Waals surface area contributed by atoms with E-state index in [1.165, 1.54) is 5.56 Å². The number of benzene rings is 1. The first-order chi connectivity index (χ1) is 10.3. The summed E-state index contributed by atoms with van der Waals surface area (Å²) in [5.41, 5.74) is 3.44. The third-order valence-corrected chi connectivity index (χ3v) is 4.19. The monoisotopic (exact) mass is 382 g/mol. The number of halogens is 2. The van der Waals surface area contributed by atoms with Crippen LogP contribution in [0.5, 0.6) is 0 Å². The number of nitrogens with one attached hydrogen (secondary N) is 1. The van der Waals surface area contributed by atoms with Crippen LogP contribution in [0.1, 0.15) is 39.0 Å². The third-order valence-electron chi connectivity index (χ3n) is 3.22. The molecule has 0 saturated carbocycles. The van der Waals surface area contributed by atoms with Crippen molar-refractivity contribution >= 4 is 33.2 Å². The summed E-state index contributed by atoms with van der Waals surface area (Å²) in [7, 11) is 1.87. The van der Waals surface area contributed by atoms with Crippen LogP contribution in [0.2, 0.25) is 5.02 Å². The van der Waals surface area contributed by atoms with Gasteiger partial charge in [-0.15, -0.1) is 0 Å². The normalized spacial score (nSPS) is 10.7. The molecule has 0 unspecified atom stereocenters. The molecule has 0 aliphatic heterocycles. The standard InChI is InChI=1S/C11H15BrClN.C7H9N/c1-11(2,3)7-5-9(13)10(14-4)6-8(7)12;1-2-7-5-3-4-6-8-7/h5-6,14H,1-4H3;3-6H,2H2,1H3. The van der Waals surface area contributed by atoms with Gasteiger partial charge in [0.05, 0.1) is 10.7 Å². The Morgan fingerprint density at radius 3 is 2.32 bits per heavy atom. The molecule has 0 amide bonds. The van der Waals surface area contributed by atoms with Crippen LogP contribution in [0.25, 0.3) is 0 Å². The number of aryl methyl sites for hydroxylation is 1. The van der Waals surface area contributed by atoms with Gasteiger partial charge < -0.3 is 5.32 Å². The second-order valence-electron chi connectivity index (χ2n) is 5.99. The van der Waals surface area contributed by atoms with E-state index in [1.54, 1.807) is 0 Å². The molecule has 0 bridgehead atoms. The number of anilines is 1. The lowest BCUT2D eigenvalue weighted by molar-refractivity contribution is 0.587. The van der Waals surface area contributed by atoms with Crippen molar-refractivity contribution in [3.8, 4) is 0 Å². The van der Waals surface area contributed by atoms with Gasteiger partial charge in [0, 0.05) is 23.4 Å². The fourth-order valence-electron chi connectivity index (χ4n) is 1.92. The van der Waals surface area contributed by atoms with Crippen LogP contribution >= 0.6 is 27.5 Å². The van der Waals surface area contributed by atoms with Crippen molar-refractivity contribution < 1.29 is 0 Å². The topological polar surface area (TPSA) is 24.9 Å².